The number of nitrogens with one attached hydrogen (secondary N) is 2. The molecule has 7 heteroatoms. The average molecular weight is 351 g/mol. The van der Waals surface area contributed by atoms with E-state index >= 15 is 0 Å². The van der Waals surface area contributed by atoms with Gasteiger partial charge in [-0.1, -0.05) is 0 Å². The first-order valence-electron chi connectivity index (χ1n) is 8.91. The number of fused-ring (bicyclic) bond motifs is 1. The summed E-state index contributed by atoms with van der Waals surface area (Å²) >= 11 is 0. The van der Waals surface area contributed by atoms with E-state index in [0.717, 1.165) is 36.8 Å². The number of hydrogen-bond donors (Lipinski definition) is 2. The largest absolute Gasteiger partial charge is 0.349 e. The summed E-state index contributed by atoms with van der Waals surface area (Å²) in [7, 11) is 0. The number of rotatable bonds is 3. The molecule has 0 saturated heterocycles. The summed E-state index contributed by atoms with van der Waals surface area (Å²) in [6.45, 7) is 1.89. The van der Waals surface area contributed by atoms with Crippen LogP contribution < -0.4 is 10.9 Å². The van der Waals surface area contributed by atoms with Gasteiger partial charge >= 0.3 is 0 Å². The number of amides is 1. The van der Waals surface area contributed by atoms with Gasteiger partial charge in [-0.25, -0.2) is 9.67 Å². The van der Waals surface area contributed by atoms with Crippen molar-refractivity contribution in [1.82, 2.24) is 25.1 Å². The Hall–Kier alpha value is -2.96. The molecule has 1 aliphatic rings. The summed E-state index contributed by atoms with van der Waals surface area (Å²) in [5.74, 6) is -0.0847. The Morgan fingerprint density at radius 1 is 1.23 bits per heavy atom. The Morgan fingerprint density at radius 2 is 2.04 bits per heavy atom. The monoisotopic (exact) mass is 351 g/mol. The van der Waals surface area contributed by atoms with Crippen molar-refractivity contribution < 1.29 is 4.79 Å². The highest BCUT2D eigenvalue weighted by Gasteiger charge is 2.25. The molecular weight excluding hydrogens is 330 g/mol. The second-order valence-corrected chi connectivity index (χ2v) is 6.84. The lowest BCUT2D eigenvalue weighted by Crippen LogP contribution is -2.39. The van der Waals surface area contributed by atoms with Gasteiger partial charge in [0.25, 0.3) is 11.5 Å². The van der Waals surface area contributed by atoms with Crippen LogP contribution >= 0.6 is 0 Å². The Balaban J connectivity index is 1.41. The molecule has 0 unspecified atom stereocenters. The minimum atomic E-state index is -0.0847. The minimum absolute atomic E-state index is 0.0608. The molecule has 2 N–H and O–H groups in total. The minimum Gasteiger partial charge on any atom is -0.349 e. The van der Waals surface area contributed by atoms with Crippen LogP contribution in [0.1, 0.15) is 47.8 Å². The summed E-state index contributed by atoms with van der Waals surface area (Å²) in [5, 5.41) is 8.31. The number of aromatic amines is 1. The third kappa shape index (κ3) is 3.12. The van der Waals surface area contributed by atoms with Gasteiger partial charge in [0.2, 0.25) is 0 Å². The number of nitrogens with zero attached hydrogens (tertiary/aromatic N) is 3. The zero-order valence-corrected chi connectivity index (χ0v) is 14.6. The van der Waals surface area contributed by atoms with E-state index in [-0.39, 0.29) is 23.6 Å². The Bertz CT molecular complexity index is 998. The molecule has 0 bridgehead atoms. The Labute approximate surface area is 150 Å². The molecule has 4 rings (SSSR count). The molecule has 0 aromatic carbocycles. The molecule has 1 amide bonds. The van der Waals surface area contributed by atoms with Crippen molar-refractivity contribution in [3.05, 3.63) is 58.3 Å². The third-order valence-corrected chi connectivity index (χ3v) is 5.03. The summed E-state index contributed by atoms with van der Waals surface area (Å²) < 4.78 is 1.60. The first kappa shape index (κ1) is 16.5. The lowest BCUT2D eigenvalue weighted by molar-refractivity contribution is 0.0923. The zero-order valence-electron chi connectivity index (χ0n) is 14.6. The number of pyridine rings is 1. The molecule has 0 radical (unpaired) electrons. The van der Waals surface area contributed by atoms with Crippen LogP contribution in [0.15, 0.2) is 41.5 Å². The van der Waals surface area contributed by atoms with E-state index < -0.39 is 0 Å². The quantitative estimate of drug-likeness (QED) is 0.757. The number of carbonyl (C=O) groups excluding carboxylic acids is 1. The van der Waals surface area contributed by atoms with Crippen molar-refractivity contribution in [1.29, 1.82) is 0 Å². The van der Waals surface area contributed by atoms with E-state index in [1.54, 1.807) is 29.2 Å². The summed E-state index contributed by atoms with van der Waals surface area (Å²) in [4.78, 5) is 31.9. The highest BCUT2D eigenvalue weighted by Crippen LogP contribution is 2.27. The third-order valence-electron chi connectivity index (χ3n) is 5.03. The second-order valence-electron chi connectivity index (χ2n) is 6.84. The van der Waals surface area contributed by atoms with Gasteiger partial charge < -0.3 is 10.3 Å². The molecule has 134 valence electrons. The Kier molecular flexibility index (Phi) is 4.28. The summed E-state index contributed by atoms with van der Waals surface area (Å²) in [6, 6.07) is 7.24. The van der Waals surface area contributed by atoms with Crippen LogP contribution in [0.3, 0.4) is 0 Å². The van der Waals surface area contributed by atoms with Gasteiger partial charge in [-0.15, -0.1) is 0 Å². The summed E-state index contributed by atoms with van der Waals surface area (Å²) in [5.41, 5.74) is 2.11. The van der Waals surface area contributed by atoms with Gasteiger partial charge in [-0.3, -0.25) is 9.59 Å². The van der Waals surface area contributed by atoms with Gasteiger partial charge in [-0.2, -0.15) is 5.10 Å². The topological polar surface area (TPSA) is 92.7 Å². The van der Waals surface area contributed by atoms with Crippen LogP contribution in [0.25, 0.3) is 11.0 Å². The van der Waals surface area contributed by atoms with Gasteiger partial charge in [0.1, 0.15) is 5.65 Å². The van der Waals surface area contributed by atoms with Gasteiger partial charge in [0.05, 0.1) is 17.3 Å². The number of aryl methyl sites for hydroxylation is 1. The molecule has 3 heterocycles. The van der Waals surface area contributed by atoms with E-state index in [9.17, 15) is 9.59 Å². The van der Waals surface area contributed by atoms with Crippen LogP contribution in [0.4, 0.5) is 0 Å². The molecular formula is C19H21N5O2. The van der Waals surface area contributed by atoms with E-state index in [1.807, 2.05) is 19.1 Å². The molecule has 3 aromatic heterocycles. The molecule has 26 heavy (non-hydrogen) atoms. The Morgan fingerprint density at radius 3 is 2.85 bits per heavy atom. The average Bonchev–Trinajstić information content (AvgIpc) is 3.09. The maximum Gasteiger partial charge on any atom is 0.267 e. The van der Waals surface area contributed by atoms with Crippen LogP contribution in [-0.2, 0) is 0 Å². The van der Waals surface area contributed by atoms with Crippen molar-refractivity contribution in [2.24, 2.45) is 0 Å². The van der Waals surface area contributed by atoms with E-state index in [2.05, 4.69) is 20.4 Å². The molecule has 7 nitrogen and oxygen atoms in total. The smallest absolute Gasteiger partial charge is 0.267 e. The molecule has 1 aliphatic carbocycles. The fraction of sp³-hybridized carbons (Fsp3) is 0.368. The number of carbonyl (C=O) groups is 1. The van der Waals surface area contributed by atoms with Gasteiger partial charge in [0.15, 0.2) is 0 Å². The maximum atomic E-state index is 12.6. The molecule has 0 atom stereocenters. The normalized spacial score (nSPS) is 20.2. The second kappa shape index (κ2) is 6.74. The maximum absolute atomic E-state index is 12.6. The van der Waals surface area contributed by atoms with Crippen molar-refractivity contribution in [2.45, 2.75) is 44.7 Å². The molecule has 0 spiro atoms. The fourth-order valence-corrected chi connectivity index (χ4v) is 3.65. The SMILES string of the molecule is Cc1ccc(=O)n(C2CCC(NC(=O)c3c[nH]c4ncccc34)CC2)n1. The van der Waals surface area contributed by atoms with Crippen molar-refractivity contribution in [3.63, 3.8) is 0 Å². The van der Waals surface area contributed by atoms with Crippen LogP contribution in [0.2, 0.25) is 0 Å². The zero-order chi connectivity index (χ0) is 18.1. The van der Waals surface area contributed by atoms with Crippen LogP contribution in [0, 0.1) is 6.92 Å². The van der Waals surface area contributed by atoms with E-state index in [1.165, 1.54) is 0 Å². The number of H-pyrrole nitrogens is 1. The standard InChI is InChI=1S/C19H21N5O2/c1-12-4-9-17(25)24(23-12)14-7-5-13(6-8-14)22-19(26)16-11-21-18-15(16)3-2-10-20-18/h2-4,9-11,13-14H,5-8H2,1H3,(H,20,21)(H,22,26). The van der Waals surface area contributed by atoms with Crippen molar-refractivity contribution >= 4 is 16.9 Å². The molecule has 0 aliphatic heterocycles. The number of hydrogen-bond acceptors (Lipinski definition) is 4. The molecule has 3 aromatic rings. The van der Waals surface area contributed by atoms with E-state index in [4.69, 9.17) is 0 Å². The first-order valence-corrected chi connectivity index (χ1v) is 8.91. The lowest BCUT2D eigenvalue weighted by Gasteiger charge is -2.29. The molecule has 1 fully saturated rings. The highest BCUT2D eigenvalue weighted by atomic mass is 16.2. The predicted molar refractivity (Wildman–Crippen MR) is 98.1 cm³/mol. The fourth-order valence-electron chi connectivity index (χ4n) is 3.65. The van der Waals surface area contributed by atoms with Crippen molar-refractivity contribution in [3.8, 4) is 0 Å². The van der Waals surface area contributed by atoms with Crippen molar-refractivity contribution in [2.75, 3.05) is 0 Å². The predicted octanol–water partition coefficient (Wildman–Crippen LogP) is 2.34. The van der Waals surface area contributed by atoms with Gasteiger partial charge in [0, 0.05) is 29.9 Å². The summed E-state index contributed by atoms with van der Waals surface area (Å²) in [6.07, 6.45) is 6.73. The first-order chi connectivity index (χ1) is 12.6. The number of aromatic nitrogens is 4. The highest BCUT2D eigenvalue weighted by molar-refractivity contribution is 6.05. The lowest BCUT2D eigenvalue weighted by atomic mass is 9.91. The van der Waals surface area contributed by atoms with Crippen LogP contribution in [0.5, 0.6) is 0 Å². The van der Waals surface area contributed by atoms with E-state index in [0.29, 0.717) is 11.2 Å². The van der Waals surface area contributed by atoms with Gasteiger partial charge in [-0.05, 0) is 50.8 Å². The van der Waals surface area contributed by atoms with Crippen LogP contribution in [-0.4, -0.2) is 31.7 Å². The molecule has 1 saturated carbocycles.